The number of amides is 1. The van der Waals surface area contributed by atoms with Gasteiger partial charge in [0, 0.05) is 6.42 Å². The molecule has 362 valence electrons. The Hall–Kier alpha value is -1.85. The van der Waals surface area contributed by atoms with Crippen molar-refractivity contribution in [1.29, 1.82) is 0 Å². The van der Waals surface area contributed by atoms with Gasteiger partial charge < -0.3 is 40.3 Å². The second-order valence-electron chi connectivity index (χ2n) is 18.0. The predicted octanol–water partition coefficient (Wildman–Crippen LogP) is 11.8. The summed E-state index contributed by atoms with van der Waals surface area (Å²) in [5, 5.41) is 54.3. The average molecular weight is 876 g/mol. The smallest absolute Gasteiger partial charge is 0.220 e. The first kappa shape index (κ1) is 58.2. The van der Waals surface area contributed by atoms with Crippen LogP contribution in [0.25, 0.3) is 0 Å². The SMILES string of the molecule is CCCCCCC/C=C\C/C=C\CCCCCCCCCCCCCC(=O)NC(COC1OC(CO)C(O)C(O)C1O)C(O)/C=C/CC/C=C/CCCCCCCCCCCC. The number of aliphatic hydroxyl groups excluding tert-OH is 5. The molecule has 1 amide bonds. The van der Waals surface area contributed by atoms with Crippen molar-refractivity contribution >= 4 is 5.91 Å². The van der Waals surface area contributed by atoms with Crippen molar-refractivity contribution in [3.8, 4) is 0 Å². The molecule has 0 aromatic rings. The molecule has 1 heterocycles. The fourth-order valence-corrected chi connectivity index (χ4v) is 7.97. The van der Waals surface area contributed by atoms with Crippen molar-refractivity contribution in [3.05, 3.63) is 48.6 Å². The van der Waals surface area contributed by atoms with E-state index in [9.17, 15) is 30.3 Å². The zero-order valence-electron chi connectivity index (χ0n) is 39.9. The van der Waals surface area contributed by atoms with Crippen LogP contribution in [0.5, 0.6) is 0 Å². The largest absolute Gasteiger partial charge is 0.394 e. The Bertz CT molecular complexity index is 1110. The highest BCUT2D eigenvalue weighted by Gasteiger charge is 2.44. The standard InChI is InChI=1S/C53H97NO8/c1-3-5-7-9-11-13-15-17-19-21-22-23-24-25-26-27-29-31-33-35-37-39-41-43-49(57)54-46(45-61-53-52(60)51(59)50(58)48(44-55)62-53)47(56)42-40-38-36-34-32-30-28-20-18-16-14-12-10-8-6-4-2/h15,17,21-22,32,34,40,42,46-48,50-53,55-56,58-60H,3-14,16,18-20,23-31,33,35-39,41,43-45H2,1-2H3,(H,54,57)/b17-15-,22-21-,34-32+,42-40+. The molecule has 0 aromatic carbocycles. The monoisotopic (exact) mass is 876 g/mol. The third-order valence-corrected chi connectivity index (χ3v) is 12.1. The van der Waals surface area contributed by atoms with Gasteiger partial charge in [0.1, 0.15) is 24.4 Å². The summed E-state index contributed by atoms with van der Waals surface area (Å²) in [6, 6.07) is -0.823. The van der Waals surface area contributed by atoms with Gasteiger partial charge in [-0.3, -0.25) is 4.79 Å². The van der Waals surface area contributed by atoms with Crippen LogP contribution < -0.4 is 5.32 Å². The lowest BCUT2D eigenvalue weighted by Crippen LogP contribution is -2.60. The van der Waals surface area contributed by atoms with E-state index in [1.54, 1.807) is 6.08 Å². The molecule has 6 N–H and O–H groups in total. The molecule has 1 saturated heterocycles. The summed E-state index contributed by atoms with van der Waals surface area (Å²) >= 11 is 0. The van der Waals surface area contributed by atoms with Crippen molar-refractivity contribution in [3.63, 3.8) is 0 Å². The van der Waals surface area contributed by atoms with Gasteiger partial charge in [-0.1, -0.05) is 204 Å². The van der Waals surface area contributed by atoms with E-state index < -0.39 is 49.5 Å². The number of ether oxygens (including phenoxy) is 2. The van der Waals surface area contributed by atoms with E-state index in [-0.39, 0.29) is 12.5 Å². The highest BCUT2D eigenvalue weighted by molar-refractivity contribution is 5.76. The van der Waals surface area contributed by atoms with E-state index in [4.69, 9.17) is 9.47 Å². The number of hydrogen-bond acceptors (Lipinski definition) is 8. The van der Waals surface area contributed by atoms with Gasteiger partial charge in [-0.05, 0) is 64.2 Å². The van der Waals surface area contributed by atoms with Gasteiger partial charge in [0.2, 0.25) is 5.91 Å². The van der Waals surface area contributed by atoms with Crippen LogP contribution in [0, 0.1) is 0 Å². The minimum Gasteiger partial charge on any atom is -0.394 e. The summed E-state index contributed by atoms with van der Waals surface area (Å²) in [6.07, 6.45) is 48.7. The van der Waals surface area contributed by atoms with Gasteiger partial charge in [0.15, 0.2) is 6.29 Å². The Balaban J connectivity index is 2.29. The van der Waals surface area contributed by atoms with E-state index >= 15 is 0 Å². The lowest BCUT2D eigenvalue weighted by atomic mass is 9.99. The van der Waals surface area contributed by atoms with Crippen molar-refractivity contribution in [2.75, 3.05) is 13.2 Å². The van der Waals surface area contributed by atoms with Crippen molar-refractivity contribution in [2.45, 2.75) is 269 Å². The number of aliphatic hydroxyl groups is 5. The van der Waals surface area contributed by atoms with Crippen molar-refractivity contribution in [2.24, 2.45) is 0 Å². The van der Waals surface area contributed by atoms with Gasteiger partial charge in [0.05, 0.1) is 25.4 Å². The Morgan fingerprint density at radius 2 is 0.968 bits per heavy atom. The molecule has 1 fully saturated rings. The first-order valence-corrected chi connectivity index (χ1v) is 25.9. The highest BCUT2D eigenvalue weighted by atomic mass is 16.7. The highest BCUT2D eigenvalue weighted by Crippen LogP contribution is 2.23. The van der Waals surface area contributed by atoms with Crippen LogP contribution in [0.1, 0.15) is 226 Å². The summed E-state index contributed by atoms with van der Waals surface area (Å²) < 4.78 is 11.2. The van der Waals surface area contributed by atoms with Crippen LogP contribution in [0.2, 0.25) is 0 Å². The van der Waals surface area contributed by atoms with Gasteiger partial charge in [-0.15, -0.1) is 0 Å². The lowest BCUT2D eigenvalue weighted by molar-refractivity contribution is -0.302. The average Bonchev–Trinajstić information content (AvgIpc) is 3.27. The molecule has 1 aliphatic heterocycles. The number of allylic oxidation sites excluding steroid dienone is 7. The predicted molar refractivity (Wildman–Crippen MR) is 258 cm³/mol. The first-order chi connectivity index (χ1) is 30.3. The summed E-state index contributed by atoms with van der Waals surface area (Å²) in [5.74, 6) is -0.189. The molecule has 0 aromatic heterocycles. The second-order valence-corrected chi connectivity index (χ2v) is 18.0. The second kappa shape index (κ2) is 43.1. The quantitative estimate of drug-likeness (QED) is 0.0262. The van der Waals surface area contributed by atoms with Gasteiger partial charge in [-0.2, -0.15) is 0 Å². The molecule has 1 aliphatic rings. The fraction of sp³-hybridized carbons (Fsp3) is 0.830. The van der Waals surface area contributed by atoms with Gasteiger partial charge >= 0.3 is 0 Å². The van der Waals surface area contributed by atoms with Gasteiger partial charge in [-0.25, -0.2) is 0 Å². The molecule has 1 rings (SSSR count). The van der Waals surface area contributed by atoms with E-state index in [1.807, 2.05) is 6.08 Å². The summed E-state index contributed by atoms with van der Waals surface area (Å²) in [5.41, 5.74) is 0. The van der Waals surface area contributed by atoms with E-state index in [0.29, 0.717) is 6.42 Å². The van der Waals surface area contributed by atoms with E-state index in [1.165, 1.54) is 161 Å². The normalized spacial score (nSPS) is 20.7. The first-order valence-electron chi connectivity index (χ1n) is 25.9. The number of rotatable bonds is 43. The van der Waals surface area contributed by atoms with Crippen LogP contribution in [-0.4, -0.2) is 87.5 Å². The zero-order chi connectivity index (χ0) is 45.1. The fourth-order valence-electron chi connectivity index (χ4n) is 7.97. The van der Waals surface area contributed by atoms with Gasteiger partial charge in [0.25, 0.3) is 0 Å². The van der Waals surface area contributed by atoms with Crippen LogP contribution in [0.4, 0.5) is 0 Å². The van der Waals surface area contributed by atoms with Crippen LogP contribution in [0.15, 0.2) is 48.6 Å². The summed E-state index contributed by atoms with van der Waals surface area (Å²) in [7, 11) is 0. The number of carbonyl (C=O) groups is 1. The van der Waals surface area contributed by atoms with Crippen molar-refractivity contribution < 1.29 is 39.8 Å². The Morgan fingerprint density at radius 1 is 0.548 bits per heavy atom. The molecule has 0 spiro atoms. The van der Waals surface area contributed by atoms with Crippen LogP contribution in [0.3, 0.4) is 0 Å². The lowest BCUT2D eigenvalue weighted by Gasteiger charge is -2.40. The molecule has 9 nitrogen and oxygen atoms in total. The summed E-state index contributed by atoms with van der Waals surface area (Å²) in [6.45, 7) is 3.75. The number of nitrogens with one attached hydrogen (secondary N) is 1. The molecular weight excluding hydrogens is 779 g/mol. The Morgan fingerprint density at radius 3 is 1.45 bits per heavy atom. The Labute approximate surface area is 380 Å². The molecule has 0 bridgehead atoms. The van der Waals surface area contributed by atoms with Crippen molar-refractivity contribution in [1.82, 2.24) is 5.32 Å². The molecule has 9 heteroatoms. The zero-order valence-corrected chi connectivity index (χ0v) is 39.9. The number of unbranched alkanes of at least 4 members (excludes halogenated alkanes) is 27. The summed E-state index contributed by atoms with van der Waals surface area (Å²) in [4.78, 5) is 13.0. The van der Waals surface area contributed by atoms with E-state index in [0.717, 1.165) is 44.9 Å². The molecule has 0 saturated carbocycles. The minimum absolute atomic E-state index is 0.189. The minimum atomic E-state index is -1.57. The molecule has 7 atom stereocenters. The Kier molecular flexibility index (Phi) is 40.4. The maximum absolute atomic E-state index is 13.0. The number of carbonyl (C=O) groups excluding carboxylic acids is 1. The molecule has 0 radical (unpaired) electrons. The molecule has 62 heavy (non-hydrogen) atoms. The molecule has 0 aliphatic carbocycles. The van der Waals surface area contributed by atoms with E-state index in [2.05, 4.69) is 55.6 Å². The maximum atomic E-state index is 13.0. The third-order valence-electron chi connectivity index (χ3n) is 12.1. The maximum Gasteiger partial charge on any atom is 0.220 e. The molecular formula is C53H97NO8. The molecule has 7 unspecified atom stereocenters. The topological polar surface area (TPSA) is 149 Å². The third kappa shape index (κ3) is 32.8. The van der Waals surface area contributed by atoms with Crippen LogP contribution in [-0.2, 0) is 14.3 Å². The number of hydrogen-bond donors (Lipinski definition) is 6. The van der Waals surface area contributed by atoms with Crippen LogP contribution >= 0.6 is 0 Å².